The Labute approximate surface area is 175 Å². The molecule has 1 aliphatic carbocycles. The van der Waals surface area contributed by atoms with Crippen molar-refractivity contribution in [1.29, 1.82) is 0 Å². The van der Waals surface area contributed by atoms with Crippen LogP contribution in [0.2, 0.25) is 0 Å². The second-order valence-corrected chi connectivity index (χ2v) is 10.6. The number of rotatable bonds is 6. The summed E-state index contributed by atoms with van der Waals surface area (Å²) in [6, 6.07) is 2.81. The molecule has 1 aromatic rings. The number of alkyl halides is 3. The Morgan fingerprint density at radius 1 is 1.20 bits per heavy atom. The summed E-state index contributed by atoms with van der Waals surface area (Å²) in [5.41, 5.74) is 5.06. The van der Waals surface area contributed by atoms with Crippen molar-refractivity contribution in [2.45, 2.75) is 56.3 Å². The molecule has 0 spiro atoms. The Morgan fingerprint density at radius 3 is 2.40 bits per heavy atom. The van der Waals surface area contributed by atoms with E-state index in [4.69, 9.17) is 5.73 Å². The lowest BCUT2D eigenvalue weighted by Gasteiger charge is -2.24. The van der Waals surface area contributed by atoms with Crippen molar-refractivity contribution >= 4 is 15.9 Å². The molecule has 1 amide bonds. The van der Waals surface area contributed by atoms with Gasteiger partial charge in [0.05, 0.1) is 16.5 Å². The van der Waals surface area contributed by atoms with Crippen LogP contribution in [-0.4, -0.2) is 43.8 Å². The van der Waals surface area contributed by atoms with Crippen LogP contribution in [0.4, 0.5) is 13.2 Å². The first-order valence-electron chi connectivity index (χ1n) is 10.1. The molecule has 1 saturated heterocycles. The third kappa shape index (κ3) is 4.81. The van der Waals surface area contributed by atoms with Crippen LogP contribution in [-0.2, 0) is 21.0 Å². The fraction of sp³-hybridized carbons (Fsp3) is 0.650. The van der Waals surface area contributed by atoms with Gasteiger partial charge in [-0.15, -0.1) is 0 Å². The van der Waals surface area contributed by atoms with Gasteiger partial charge in [0.25, 0.3) is 0 Å². The molecular weight excluding hydrogens is 419 g/mol. The van der Waals surface area contributed by atoms with Gasteiger partial charge in [0.2, 0.25) is 15.9 Å². The average Bonchev–Trinajstić information content (AvgIpc) is 3.23. The Kier molecular flexibility index (Phi) is 6.50. The first-order valence-corrected chi connectivity index (χ1v) is 11.6. The molecule has 1 aromatic carbocycles. The van der Waals surface area contributed by atoms with Gasteiger partial charge < -0.3 is 11.1 Å². The van der Waals surface area contributed by atoms with Crippen LogP contribution in [0.1, 0.15) is 38.7 Å². The Morgan fingerprint density at radius 2 is 1.83 bits per heavy atom. The number of sulfonamides is 1. The maximum Gasteiger partial charge on any atom is 0.416 e. The smallest absolute Gasteiger partial charge is 0.352 e. The van der Waals surface area contributed by atoms with Crippen molar-refractivity contribution in [3.05, 3.63) is 29.8 Å². The zero-order valence-corrected chi connectivity index (χ0v) is 17.8. The molecule has 3 N–H and O–H groups in total. The fourth-order valence-electron chi connectivity index (χ4n) is 4.47. The van der Waals surface area contributed by atoms with E-state index >= 15 is 0 Å². The van der Waals surface area contributed by atoms with Crippen LogP contribution in [0.3, 0.4) is 0 Å². The number of carbonyl (C=O) groups excluding carboxylic acids is 1. The average molecular weight is 448 g/mol. The number of carbonyl (C=O) groups is 1. The largest absolute Gasteiger partial charge is 0.416 e. The van der Waals surface area contributed by atoms with Gasteiger partial charge in [-0.2, -0.15) is 17.5 Å². The summed E-state index contributed by atoms with van der Waals surface area (Å²) in [6.07, 6.45) is -2.40. The van der Waals surface area contributed by atoms with E-state index in [0.29, 0.717) is 13.0 Å². The summed E-state index contributed by atoms with van der Waals surface area (Å²) in [5, 5.41) is 2.98. The number of fused-ring (bicyclic) bond motifs is 1. The van der Waals surface area contributed by atoms with Crippen LogP contribution in [0.5, 0.6) is 0 Å². The van der Waals surface area contributed by atoms with Crippen molar-refractivity contribution in [1.82, 2.24) is 9.62 Å². The molecule has 3 rings (SSSR count). The van der Waals surface area contributed by atoms with E-state index in [1.165, 1.54) is 4.31 Å². The minimum Gasteiger partial charge on any atom is -0.352 e. The van der Waals surface area contributed by atoms with Crippen LogP contribution < -0.4 is 11.1 Å². The summed E-state index contributed by atoms with van der Waals surface area (Å²) in [6.45, 7) is 4.51. The van der Waals surface area contributed by atoms with Gasteiger partial charge in [-0.05, 0) is 61.3 Å². The summed E-state index contributed by atoms with van der Waals surface area (Å²) in [7, 11) is -3.90. The summed E-state index contributed by atoms with van der Waals surface area (Å²) >= 11 is 0. The zero-order chi connectivity index (χ0) is 22.3. The monoisotopic (exact) mass is 447 g/mol. The summed E-state index contributed by atoms with van der Waals surface area (Å²) in [5.74, 6) is 0.154. The maximum atomic E-state index is 12.9. The number of nitrogens with one attached hydrogen (secondary N) is 1. The second-order valence-electron chi connectivity index (χ2n) is 8.70. The van der Waals surface area contributed by atoms with E-state index in [1.54, 1.807) is 0 Å². The van der Waals surface area contributed by atoms with Crippen molar-refractivity contribution in [3.8, 4) is 0 Å². The van der Waals surface area contributed by atoms with Crippen LogP contribution in [0.25, 0.3) is 0 Å². The first kappa shape index (κ1) is 23.0. The molecule has 1 aliphatic heterocycles. The van der Waals surface area contributed by atoms with Crippen LogP contribution >= 0.6 is 0 Å². The van der Waals surface area contributed by atoms with Crippen LogP contribution in [0, 0.1) is 17.8 Å². The molecule has 0 radical (unpaired) electrons. The van der Waals surface area contributed by atoms with Crippen molar-refractivity contribution < 1.29 is 26.4 Å². The highest BCUT2D eigenvalue weighted by molar-refractivity contribution is 7.89. The van der Waals surface area contributed by atoms with Gasteiger partial charge in [0.1, 0.15) is 0 Å². The number of amides is 1. The molecule has 1 heterocycles. The summed E-state index contributed by atoms with van der Waals surface area (Å²) in [4.78, 5) is 12.2. The van der Waals surface area contributed by atoms with Gasteiger partial charge in [0, 0.05) is 19.1 Å². The number of nitrogens with two attached hydrogens (primary N) is 1. The number of nitrogens with zero attached hydrogens (tertiary/aromatic N) is 1. The normalized spacial score (nSPS) is 26.0. The Bertz CT molecular complexity index is 872. The molecule has 0 bridgehead atoms. The lowest BCUT2D eigenvalue weighted by atomic mass is 9.97. The van der Waals surface area contributed by atoms with Gasteiger partial charge in [-0.25, -0.2) is 8.42 Å². The number of halogens is 3. The van der Waals surface area contributed by atoms with E-state index in [0.717, 1.165) is 37.1 Å². The number of hydrogen-bond donors (Lipinski definition) is 2. The topological polar surface area (TPSA) is 92.5 Å². The molecule has 0 aromatic heterocycles. The highest BCUT2D eigenvalue weighted by Crippen LogP contribution is 2.40. The molecule has 2 aliphatic rings. The molecule has 1 saturated carbocycles. The zero-order valence-electron chi connectivity index (χ0n) is 17.0. The highest BCUT2D eigenvalue weighted by atomic mass is 32.2. The minimum absolute atomic E-state index is 0.0237. The van der Waals surface area contributed by atoms with E-state index in [-0.39, 0.29) is 41.1 Å². The van der Waals surface area contributed by atoms with Gasteiger partial charge in [0.15, 0.2) is 0 Å². The van der Waals surface area contributed by atoms with E-state index in [1.807, 2.05) is 13.8 Å². The van der Waals surface area contributed by atoms with Crippen LogP contribution in [0.15, 0.2) is 29.2 Å². The molecule has 30 heavy (non-hydrogen) atoms. The lowest BCUT2D eigenvalue weighted by molar-refractivity contribution is -0.137. The predicted octanol–water partition coefficient (Wildman–Crippen LogP) is 2.59. The van der Waals surface area contributed by atoms with Crippen molar-refractivity contribution in [2.75, 3.05) is 13.1 Å². The Hall–Kier alpha value is -1.65. The Balaban J connectivity index is 1.67. The number of benzene rings is 1. The first-order chi connectivity index (χ1) is 13.9. The lowest BCUT2D eigenvalue weighted by Crippen LogP contribution is -2.48. The molecule has 6 nitrogen and oxygen atoms in total. The molecule has 0 unspecified atom stereocenters. The predicted molar refractivity (Wildman–Crippen MR) is 106 cm³/mol. The molecule has 4 atom stereocenters. The molecule has 168 valence electrons. The third-order valence-corrected chi connectivity index (χ3v) is 7.88. The quantitative estimate of drug-likeness (QED) is 0.701. The number of hydrogen-bond acceptors (Lipinski definition) is 4. The van der Waals surface area contributed by atoms with Gasteiger partial charge in [-0.3, -0.25) is 4.79 Å². The highest BCUT2D eigenvalue weighted by Gasteiger charge is 2.47. The molecule has 2 fully saturated rings. The molecule has 10 heteroatoms. The van der Waals surface area contributed by atoms with E-state index < -0.39 is 27.8 Å². The second kappa shape index (κ2) is 8.47. The SMILES string of the molecule is CC(C)C[C@H](N)C(=O)N[C@H]1CC[C@@H]2CN(S(=O)(=O)c3ccc(C(F)(F)F)cc3)C[C@@H]21. The van der Waals surface area contributed by atoms with Crippen molar-refractivity contribution in [3.63, 3.8) is 0 Å². The van der Waals surface area contributed by atoms with Gasteiger partial charge >= 0.3 is 6.18 Å². The maximum absolute atomic E-state index is 12.9. The summed E-state index contributed by atoms with van der Waals surface area (Å²) < 4.78 is 65.4. The standard InChI is InChI=1S/C20H28F3N3O3S/c1-12(2)9-17(24)19(27)25-18-8-3-13-10-26(11-16(13)18)30(28,29)15-6-4-14(5-7-15)20(21,22)23/h4-7,12-13,16-18H,3,8-11,24H2,1-2H3,(H,25,27)/t13-,16+,17+,18+/m1/s1. The van der Waals surface area contributed by atoms with Crippen molar-refractivity contribution in [2.24, 2.45) is 23.5 Å². The molecular formula is C20H28F3N3O3S. The fourth-order valence-corrected chi connectivity index (χ4v) is 6.00. The van der Waals surface area contributed by atoms with Gasteiger partial charge in [-0.1, -0.05) is 13.8 Å². The third-order valence-electron chi connectivity index (χ3n) is 6.03. The van der Waals surface area contributed by atoms with E-state index in [9.17, 15) is 26.4 Å². The minimum atomic E-state index is -4.52. The van der Waals surface area contributed by atoms with E-state index in [2.05, 4.69) is 5.32 Å².